The molecule has 3 heterocycles. The summed E-state index contributed by atoms with van der Waals surface area (Å²) in [5.41, 5.74) is 6.29. The van der Waals surface area contributed by atoms with Crippen LogP contribution in [-0.4, -0.2) is 9.55 Å². The van der Waals surface area contributed by atoms with E-state index in [0.717, 1.165) is 5.65 Å². The van der Waals surface area contributed by atoms with E-state index in [2.05, 4.69) is 79.1 Å². The van der Waals surface area contributed by atoms with Crippen molar-refractivity contribution in [3.8, 4) is 5.69 Å². The molecule has 26 heavy (non-hydrogen) atoms. The molecule has 6 rings (SSSR count). The number of benzene rings is 3. The van der Waals surface area contributed by atoms with E-state index in [1.54, 1.807) is 0 Å². The molecule has 0 unspecified atom stereocenters. The van der Waals surface area contributed by atoms with E-state index in [9.17, 15) is 0 Å². The Labute approximate surface area is 151 Å². The molecule has 124 valence electrons. The lowest BCUT2D eigenvalue weighted by atomic mass is 9.73. The van der Waals surface area contributed by atoms with Crippen LogP contribution in [0, 0.1) is 0 Å². The number of fused-ring (bicyclic) bond motifs is 7. The largest absolute Gasteiger partial charge is 0.293 e. The number of hydrogen-bond acceptors (Lipinski definition) is 1. The third-order valence-electron chi connectivity index (χ3n) is 5.98. The zero-order chi connectivity index (χ0) is 17.5. The Balaban J connectivity index is 2.02. The predicted octanol–water partition coefficient (Wildman–Crippen LogP) is 5.97. The van der Waals surface area contributed by atoms with Crippen molar-refractivity contribution in [1.82, 2.24) is 9.55 Å². The van der Waals surface area contributed by atoms with Crippen molar-refractivity contribution in [3.63, 3.8) is 0 Å². The van der Waals surface area contributed by atoms with Crippen molar-refractivity contribution < 1.29 is 0 Å². The third kappa shape index (κ3) is 1.51. The van der Waals surface area contributed by atoms with Gasteiger partial charge in [0.05, 0.1) is 11.2 Å². The first-order chi connectivity index (χ1) is 12.7. The Bertz CT molecular complexity index is 1360. The second-order valence-corrected chi connectivity index (χ2v) is 7.72. The molecule has 2 nitrogen and oxygen atoms in total. The average molecular weight is 334 g/mol. The maximum Gasteiger partial charge on any atom is 0.145 e. The molecule has 2 heteroatoms. The van der Waals surface area contributed by atoms with Gasteiger partial charge < -0.3 is 0 Å². The minimum absolute atomic E-state index is 0.0694. The van der Waals surface area contributed by atoms with Gasteiger partial charge in [-0.2, -0.15) is 0 Å². The van der Waals surface area contributed by atoms with Crippen LogP contribution in [0.2, 0.25) is 0 Å². The van der Waals surface area contributed by atoms with Crippen molar-refractivity contribution >= 4 is 32.7 Å². The number of nitrogens with zero attached hydrogens (tertiary/aromatic N) is 2. The van der Waals surface area contributed by atoms with Crippen molar-refractivity contribution in [2.45, 2.75) is 19.3 Å². The zero-order valence-electron chi connectivity index (χ0n) is 14.8. The summed E-state index contributed by atoms with van der Waals surface area (Å²) in [7, 11) is 0. The smallest absolute Gasteiger partial charge is 0.145 e. The van der Waals surface area contributed by atoms with Gasteiger partial charge in [0.25, 0.3) is 0 Å². The Kier molecular flexibility index (Phi) is 2.45. The van der Waals surface area contributed by atoms with E-state index < -0.39 is 0 Å². The maximum absolute atomic E-state index is 4.76. The molecule has 1 aliphatic heterocycles. The van der Waals surface area contributed by atoms with Crippen LogP contribution in [-0.2, 0) is 5.41 Å². The van der Waals surface area contributed by atoms with Crippen LogP contribution in [0.25, 0.3) is 38.4 Å². The summed E-state index contributed by atoms with van der Waals surface area (Å²) >= 11 is 0. The zero-order valence-corrected chi connectivity index (χ0v) is 14.8. The van der Waals surface area contributed by atoms with E-state index in [1.165, 1.54) is 43.9 Å². The molecule has 0 bridgehead atoms. The summed E-state index contributed by atoms with van der Waals surface area (Å²) in [5, 5.41) is 5.15. The normalized spacial score (nSPS) is 14.8. The Hall–Kier alpha value is -3.13. The number of aromatic nitrogens is 2. The van der Waals surface area contributed by atoms with Gasteiger partial charge in [0.2, 0.25) is 0 Å². The van der Waals surface area contributed by atoms with Gasteiger partial charge in [0.1, 0.15) is 5.65 Å². The molecule has 0 N–H and O–H groups in total. The Morgan fingerprint density at radius 3 is 2.50 bits per heavy atom. The molecule has 0 saturated heterocycles. The number of hydrogen-bond donors (Lipinski definition) is 0. The van der Waals surface area contributed by atoms with E-state index in [0.29, 0.717) is 0 Å². The summed E-state index contributed by atoms with van der Waals surface area (Å²) in [5.74, 6) is 0. The molecule has 0 atom stereocenters. The van der Waals surface area contributed by atoms with Crippen molar-refractivity contribution in [2.75, 3.05) is 0 Å². The highest BCUT2D eigenvalue weighted by atomic mass is 15.1. The molecule has 0 fully saturated rings. The monoisotopic (exact) mass is 334 g/mol. The molecule has 1 aliphatic rings. The summed E-state index contributed by atoms with van der Waals surface area (Å²) in [6, 6.07) is 24.1. The molecule has 2 aromatic heterocycles. The summed E-state index contributed by atoms with van der Waals surface area (Å²) < 4.78 is 2.37. The second-order valence-electron chi connectivity index (χ2n) is 7.72. The molecular weight excluding hydrogens is 316 g/mol. The van der Waals surface area contributed by atoms with Gasteiger partial charge >= 0.3 is 0 Å². The van der Waals surface area contributed by atoms with Gasteiger partial charge in [-0.3, -0.25) is 4.57 Å². The van der Waals surface area contributed by atoms with Crippen LogP contribution < -0.4 is 0 Å². The van der Waals surface area contributed by atoms with Crippen molar-refractivity contribution in [1.29, 1.82) is 0 Å². The first-order valence-electron chi connectivity index (χ1n) is 9.09. The molecule has 0 amide bonds. The molecule has 0 saturated carbocycles. The van der Waals surface area contributed by atoms with Gasteiger partial charge in [0.15, 0.2) is 0 Å². The van der Waals surface area contributed by atoms with Crippen LogP contribution in [0.1, 0.15) is 25.0 Å². The minimum atomic E-state index is -0.0694. The average Bonchev–Trinajstić information content (AvgIpc) is 2.99. The van der Waals surface area contributed by atoms with Gasteiger partial charge in [-0.15, -0.1) is 0 Å². The van der Waals surface area contributed by atoms with Crippen molar-refractivity contribution in [3.05, 3.63) is 84.1 Å². The number of para-hydroxylation sites is 1. The predicted molar refractivity (Wildman–Crippen MR) is 108 cm³/mol. The highest BCUT2D eigenvalue weighted by molar-refractivity contribution is 6.16. The second kappa shape index (κ2) is 4.53. The SMILES string of the molecule is CC1(C)c2ccccc2-n2c3ncccc3c3cc4ccccc4c1c32. The highest BCUT2D eigenvalue weighted by Gasteiger charge is 2.36. The standard InChI is InChI=1S/C24H18N2/c1-24(2)19-11-5-6-12-20(19)26-22-18(17-10-7-13-25-23(17)26)14-15-8-3-4-9-16(15)21(22)24/h3-14H,1-2H3. The fourth-order valence-electron chi connectivity index (χ4n) is 4.86. The number of rotatable bonds is 0. The van der Waals surface area contributed by atoms with Gasteiger partial charge in [-0.25, -0.2) is 4.98 Å². The Morgan fingerprint density at radius 2 is 1.58 bits per heavy atom. The molecule has 0 radical (unpaired) electrons. The first-order valence-corrected chi connectivity index (χ1v) is 9.09. The van der Waals surface area contributed by atoms with Crippen LogP contribution in [0.3, 0.4) is 0 Å². The lowest BCUT2D eigenvalue weighted by molar-refractivity contribution is 0.635. The van der Waals surface area contributed by atoms with Crippen LogP contribution in [0.5, 0.6) is 0 Å². The van der Waals surface area contributed by atoms with Gasteiger partial charge in [-0.1, -0.05) is 56.3 Å². The molecule has 0 aliphatic carbocycles. The summed E-state index contributed by atoms with van der Waals surface area (Å²) in [6.07, 6.45) is 1.90. The Morgan fingerprint density at radius 1 is 0.808 bits per heavy atom. The first kappa shape index (κ1) is 14.1. The lowest BCUT2D eigenvalue weighted by Crippen LogP contribution is -2.26. The van der Waals surface area contributed by atoms with E-state index >= 15 is 0 Å². The molecule has 5 aromatic rings. The fourth-order valence-corrected chi connectivity index (χ4v) is 4.86. The highest BCUT2D eigenvalue weighted by Crippen LogP contribution is 2.49. The van der Waals surface area contributed by atoms with Crippen LogP contribution in [0.4, 0.5) is 0 Å². The number of pyridine rings is 1. The van der Waals surface area contributed by atoms with E-state index in [1.807, 2.05) is 12.3 Å². The van der Waals surface area contributed by atoms with E-state index in [4.69, 9.17) is 4.98 Å². The fraction of sp³-hybridized carbons (Fsp3) is 0.125. The molecular formula is C24H18N2. The topological polar surface area (TPSA) is 17.8 Å². The third-order valence-corrected chi connectivity index (χ3v) is 5.98. The quantitative estimate of drug-likeness (QED) is 0.341. The van der Waals surface area contributed by atoms with Crippen LogP contribution in [0.15, 0.2) is 72.9 Å². The van der Waals surface area contributed by atoms with Crippen molar-refractivity contribution in [2.24, 2.45) is 0 Å². The summed E-state index contributed by atoms with van der Waals surface area (Å²) in [4.78, 5) is 4.76. The summed E-state index contributed by atoms with van der Waals surface area (Å²) in [6.45, 7) is 4.70. The van der Waals surface area contributed by atoms with Gasteiger partial charge in [0, 0.05) is 22.4 Å². The van der Waals surface area contributed by atoms with Crippen LogP contribution >= 0.6 is 0 Å². The van der Waals surface area contributed by atoms with Gasteiger partial charge in [-0.05, 0) is 46.2 Å². The minimum Gasteiger partial charge on any atom is -0.293 e. The lowest BCUT2D eigenvalue weighted by Gasteiger charge is -2.35. The molecule has 0 spiro atoms. The maximum atomic E-state index is 4.76. The van der Waals surface area contributed by atoms with E-state index in [-0.39, 0.29) is 5.41 Å². The molecule has 3 aromatic carbocycles.